The number of carbonyl (C=O) groups is 2. The van der Waals surface area contributed by atoms with E-state index in [2.05, 4.69) is 0 Å². The lowest BCUT2D eigenvalue weighted by molar-refractivity contribution is -0.151. The average molecular weight is 394 g/mol. The Bertz CT molecular complexity index is 1010. The Morgan fingerprint density at radius 2 is 1.76 bits per heavy atom. The Balaban J connectivity index is 1.50. The van der Waals surface area contributed by atoms with Crippen LogP contribution in [0, 0.1) is 6.92 Å². The first-order chi connectivity index (χ1) is 13.8. The van der Waals surface area contributed by atoms with Gasteiger partial charge in [0.25, 0.3) is 5.91 Å². The van der Waals surface area contributed by atoms with Gasteiger partial charge < -0.3 is 19.0 Å². The van der Waals surface area contributed by atoms with Crippen LogP contribution in [0.15, 0.2) is 53.1 Å². The Morgan fingerprint density at radius 3 is 2.45 bits per heavy atom. The highest BCUT2D eigenvalue weighted by Crippen LogP contribution is 2.23. The van der Waals surface area contributed by atoms with Crippen molar-refractivity contribution in [1.29, 1.82) is 0 Å². The van der Waals surface area contributed by atoms with E-state index < -0.39 is 5.97 Å². The summed E-state index contributed by atoms with van der Waals surface area (Å²) in [6, 6.07) is 13.8. The number of ether oxygens (including phenoxy) is 1. The quantitative estimate of drug-likeness (QED) is 0.574. The molecule has 0 unspecified atom stereocenters. The molecule has 0 N–H and O–H groups in total. The fraction of sp³-hybridized carbons (Fsp3) is 0.304. The van der Waals surface area contributed by atoms with E-state index in [1.807, 2.05) is 68.4 Å². The summed E-state index contributed by atoms with van der Waals surface area (Å²) in [6.07, 6.45) is 1.63. The van der Waals surface area contributed by atoms with Crippen LogP contribution in [0.3, 0.4) is 0 Å². The normalized spacial score (nSPS) is 10.8. The molecule has 0 spiro atoms. The van der Waals surface area contributed by atoms with Gasteiger partial charge in [0.1, 0.15) is 5.58 Å². The number of likely N-dealkylation sites (N-methyl/N-ethyl adjacent to an activating group) is 1. The summed E-state index contributed by atoms with van der Waals surface area (Å²) in [5, 5.41) is 0.886. The number of rotatable bonds is 7. The number of aryl methyl sites for hydroxylation is 1. The summed E-state index contributed by atoms with van der Waals surface area (Å²) >= 11 is 0. The van der Waals surface area contributed by atoms with E-state index in [1.54, 1.807) is 18.2 Å². The van der Waals surface area contributed by atoms with E-state index in [0.29, 0.717) is 6.54 Å². The first kappa shape index (κ1) is 20.5. The lowest BCUT2D eigenvalue weighted by atomic mass is 10.1. The number of nitrogens with zero attached hydrogens (tertiary/aromatic N) is 2. The van der Waals surface area contributed by atoms with Gasteiger partial charge in [-0.25, -0.2) is 0 Å². The second kappa shape index (κ2) is 8.82. The van der Waals surface area contributed by atoms with Crippen molar-refractivity contribution in [2.24, 2.45) is 0 Å². The van der Waals surface area contributed by atoms with E-state index in [4.69, 9.17) is 9.15 Å². The summed E-state index contributed by atoms with van der Waals surface area (Å²) in [5.74, 6) is -0.701. The first-order valence-corrected chi connectivity index (χ1v) is 9.46. The Labute approximate surface area is 170 Å². The molecule has 0 aliphatic rings. The molecule has 2 aromatic carbocycles. The van der Waals surface area contributed by atoms with Crippen LogP contribution in [0.2, 0.25) is 0 Å². The Kier molecular flexibility index (Phi) is 6.22. The summed E-state index contributed by atoms with van der Waals surface area (Å²) in [6.45, 7) is 2.16. The number of hydrogen-bond donors (Lipinski definition) is 0. The van der Waals surface area contributed by atoms with Crippen LogP contribution in [-0.2, 0) is 27.3 Å². The van der Waals surface area contributed by atoms with E-state index in [1.165, 1.54) is 0 Å². The first-order valence-electron chi connectivity index (χ1n) is 9.46. The molecular weight excluding hydrogens is 368 g/mol. The molecule has 152 valence electrons. The highest BCUT2D eigenvalue weighted by atomic mass is 16.5. The highest BCUT2D eigenvalue weighted by molar-refractivity contribution is 5.87. The smallest absolute Gasteiger partial charge is 0.310 e. The molecule has 29 heavy (non-hydrogen) atoms. The maximum Gasteiger partial charge on any atom is 0.310 e. The summed E-state index contributed by atoms with van der Waals surface area (Å²) in [4.78, 5) is 28.0. The molecule has 0 bridgehead atoms. The number of benzene rings is 2. The molecule has 0 aliphatic carbocycles. The number of fused-ring (bicyclic) bond motifs is 1. The largest absolute Gasteiger partial charge is 0.464 e. The molecule has 0 radical (unpaired) electrons. The zero-order valence-electron chi connectivity index (χ0n) is 17.3. The third kappa shape index (κ3) is 5.16. The van der Waals surface area contributed by atoms with Crippen LogP contribution in [0.5, 0.6) is 0 Å². The number of hydrogen-bond acceptors (Lipinski definition) is 5. The zero-order chi connectivity index (χ0) is 21.0. The maximum absolute atomic E-state index is 12.3. The minimum atomic E-state index is -0.453. The van der Waals surface area contributed by atoms with Gasteiger partial charge in [-0.1, -0.05) is 24.3 Å². The fourth-order valence-corrected chi connectivity index (χ4v) is 3.05. The zero-order valence-corrected chi connectivity index (χ0v) is 17.3. The van der Waals surface area contributed by atoms with Crippen molar-refractivity contribution < 1.29 is 18.7 Å². The fourth-order valence-electron chi connectivity index (χ4n) is 3.05. The Morgan fingerprint density at radius 1 is 1.03 bits per heavy atom. The second-order valence-corrected chi connectivity index (χ2v) is 7.41. The third-order valence-corrected chi connectivity index (χ3v) is 4.80. The highest BCUT2D eigenvalue weighted by Gasteiger charge is 2.15. The van der Waals surface area contributed by atoms with Crippen LogP contribution < -0.4 is 4.90 Å². The SMILES string of the molecule is Cc1ccc2c(CC(=O)OCC(=O)N(C)Cc3ccc(N(C)C)cc3)coc2c1. The predicted molar refractivity (Wildman–Crippen MR) is 113 cm³/mol. The van der Waals surface area contributed by atoms with Gasteiger partial charge in [-0.05, 0) is 36.2 Å². The van der Waals surface area contributed by atoms with Gasteiger partial charge in [0.15, 0.2) is 6.61 Å². The maximum atomic E-state index is 12.3. The molecular formula is C23H26N2O4. The Hall–Kier alpha value is -3.28. The van der Waals surface area contributed by atoms with Crippen molar-refractivity contribution in [3.8, 4) is 0 Å². The molecule has 3 aromatic rings. The van der Waals surface area contributed by atoms with Gasteiger partial charge >= 0.3 is 5.97 Å². The number of carbonyl (C=O) groups excluding carboxylic acids is 2. The van der Waals surface area contributed by atoms with E-state index >= 15 is 0 Å². The number of esters is 1. The molecule has 0 fully saturated rings. The van der Waals surface area contributed by atoms with Crippen LogP contribution in [0.4, 0.5) is 5.69 Å². The van der Waals surface area contributed by atoms with E-state index in [0.717, 1.165) is 33.3 Å². The van der Waals surface area contributed by atoms with Crippen LogP contribution in [0.25, 0.3) is 11.0 Å². The number of furan rings is 1. The predicted octanol–water partition coefficient (Wildman–Crippen LogP) is 3.55. The van der Waals surface area contributed by atoms with Crippen LogP contribution in [0.1, 0.15) is 16.7 Å². The van der Waals surface area contributed by atoms with Crippen molar-refractivity contribution >= 4 is 28.5 Å². The lowest BCUT2D eigenvalue weighted by Crippen LogP contribution is -2.31. The van der Waals surface area contributed by atoms with Gasteiger partial charge in [0.2, 0.25) is 0 Å². The van der Waals surface area contributed by atoms with Gasteiger partial charge in [-0.2, -0.15) is 0 Å². The molecule has 1 heterocycles. The molecule has 6 nitrogen and oxygen atoms in total. The molecule has 0 aliphatic heterocycles. The average Bonchev–Trinajstić information content (AvgIpc) is 3.08. The lowest BCUT2D eigenvalue weighted by Gasteiger charge is -2.18. The van der Waals surface area contributed by atoms with Crippen molar-refractivity contribution in [1.82, 2.24) is 4.90 Å². The van der Waals surface area contributed by atoms with Crippen molar-refractivity contribution in [2.45, 2.75) is 19.9 Å². The van der Waals surface area contributed by atoms with E-state index in [9.17, 15) is 9.59 Å². The van der Waals surface area contributed by atoms with Crippen LogP contribution >= 0.6 is 0 Å². The van der Waals surface area contributed by atoms with Crippen molar-refractivity contribution in [3.05, 3.63) is 65.4 Å². The summed E-state index contributed by atoms with van der Waals surface area (Å²) in [7, 11) is 5.65. The summed E-state index contributed by atoms with van der Waals surface area (Å²) in [5.41, 5.74) is 4.69. The van der Waals surface area contributed by atoms with E-state index in [-0.39, 0.29) is 18.9 Å². The summed E-state index contributed by atoms with van der Waals surface area (Å²) < 4.78 is 10.7. The van der Waals surface area contributed by atoms with Crippen molar-refractivity contribution in [3.63, 3.8) is 0 Å². The molecule has 1 amide bonds. The molecule has 1 aromatic heterocycles. The van der Waals surface area contributed by atoms with Gasteiger partial charge in [0, 0.05) is 44.3 Å². The second-order valence-electron chi connectivity index (χ2n) is 7.41. The number of amides is 1. The molecule has 6 heteroatoms. The van der Waals surface area contributed by atoms with Gasteiger partial charge in [0.05, 0.1) is 12.7 Å². The standard InChI is InChI=1S/C23H26N2O4/c1-16-5-10-20-18(14-28-21(20)11-16)12-23(27)29-15-22(26)25(4)13-17-6-8-19(9-7-17)24(2)3/h5-11,14H,12-13,15H2,1-4H3. The monoisotopic (exact) mass is 394 g/mol. The molecule has 0 atom stereocenters. The van der Waals surface area contributed by atoms with Gasteiger partial charge in [-0.3, -0.25) is 9.59 Å². The minimum absolute atomic E-state index is 0.0685. The van der Waals surface area contributed by atoms with Gasteiger partial charge in [-0.15, -0.1) is 0 Å². The number of anilines is 1. The van der Waals surface area contributed by atoms with Crippen molar-refractivity contribution in [2.75, 3.05) is 32.6 Å². The topological polar surface area (TPSA) is 63.0 Å². The minimum Gasteiger partial charge on any atom is -0.464 e. The van der Waals surface area contributed by atoms with Crippen LogP contribution in [-0.4, -0.2) is 44.5 Å². The molecule has 0 saturated carbocycles. The molecule has 0 saturated heterocycles. The molecule has 3 rings (SSSR count). The third-order valence-electron chi connectivity index (χ3n) is 4.80.